The quantitative estimate of drug-likeness (QED) is 0.153. The minimum absolute atomic E-state index is 0.0913. The standard InChI is InChI=1S/C61H37F5N4/c62-37-31-36(32-38(63)33-37)49-34-56(70-54-26-14-10-22-44(54)48-30-28-46-42-20-8-12-24-52(42)68(58(46)60(48)70)40-17-5-2-6-18-40)50(61(64,65)66)35-55(49)69-53-25-13-9-21-43(53)47-29-27-45-41-19-7-11-23-51(41)67(57(45)59(47)69)39-15-3-1-4-16-39/h1-27,29,31-35H,28,30H2. The van der Waals surface area contributed by atoms with Crippen molar-refractivity contribution in [1.82, 2.24) is 18.3 Å². The van der Waals surface area contributed by atoms with Crippen LogP contribution in [0, 0.1) is 11.6 Å². The molecule has 0 aliphatic heterocycles. The number of hydrogen-bond acceptors (Lipinski definition) is 0. The van der Waals surface area contributed by atoms with Crippen LogP contribution in [-0.2, 0) is 19.0 Å². The number of hydrogen-bond donors (Lipinski definition) is 0. The van der Waals surface area contributed by atoms with Crippen LogP contribution >= 0.6 is 0 Å². The molecule has 14 rings (SSSR count). The van der Waals surface area contributed by atoms with Crippen molar-refractivity contribution in [3.05, 3.63) is 229 Å². The number of rotatable bonds is 5. The van der Waals surface area contributed by atoms with Crippen LogP contribution < -0.4 is 0 Å². The Labute approximate surface area is 396 Å². The summed E-state index contributed by atoms with van der Waals surface area (Å²) in [5.41, 5.74) is 9.04. The van der Waals surface area contributed by atoms with E-state index in [1.165, 1.54) is 24.3 Å². The van der Waals surface area contributed by atoms with E-state index in [9.17, 15) is 0 Å². The molecule has 4 aromatic heterocycles. The van der Waals surface area contributed by atoms with E-state index in [1.54, 1.807) is 4.57 Å². The molecule has 0 saturated carbocycles. The normalized spacial score (nSPS) is 12.8. The van der Waals surface area contributed by atoms with Gasteiger partial charge < -0.3 is 18.3 Å². The number of aromatic nitrogens is 4. The van der Waals surface area contributed by atoms with Gasteiger partial charge in [-0.15, -0.1) is 0 Å². The van der Waals surface area contributed by atoms with Crippen molar-refractivity contribution >= 4 is 65.4 Å². The SMILES string of the molecule is Fc1cc(F)cc(-c2cc(-n3c4c(c5ccccc53)CCc3c-4n(-c4ccccc4)c4ccccc34)c(C(F)(F)F)cc2-n2c3ccccc3c3ccc4c5ccccc5n(-c5ccccc5)c4c32)c1. The van der Waals surface area contributed by atoms with Crippen LogP contribution in [0.15, 0.2) is 200 Å². The lowest BCUT2D eigenvalue weighted by atomic mass is 9.91. The molecule has 336 valence electrons. The van der Waals surface area contributed by atoms with Crippen molar-refractivity contribution in [2.75, 3.05) is 0 Å². The minimum Gasteiger partial charge on any atom is -0.307 e. The third kappa shape index (κ3) is 5.75. The van der Waals surface area contributed by atoms with Crippen LogP contribution in [0.3, 0.4) is 0 Å². The van der Waals surface area contributed by atoms with Crippen LogP contribution in [-0.4, -0.2) is 18.3 Å². The van der Waals surface area contributed by atoms with Gasteiger partial charge in [0.05, 0.1) is 61.4 Å². The molecule has 0 fully saturated rings. The number of alkyl halides is 3. The zero-order valence-corrected chi connectivity index (χ0v) is 37.1. The first-order chi connectivity index (χ1) is 34.2. The molecule has 13 aromatic rings. The molecule has 0 bridgehead atoms. The molecule has 70 heavy (non-hydrogen) atoms. The molecule has 0 amide bonds. The lowest BCUT2D eigenvalue weighted by molar-refractivity contribution is -0.137. The first kappa shape index (κ1) is 40.4. The van der Waals surface area contributed by atoms with E-state index >= 15 is 22.0 Å². The van der Waals surface area contributed by atoms with Gasteiger partial charge in [0.25, 0.3) is 0 Å². The summed E-state index contributed by atoms with van der Waals surface area (Å²) in [5, 5.41) is 5.35. The van der Waals surface area contributed by atoms with Gasteiger partial charge in [0.15, 0.2) is 0 Å². The molecule has 4 nitrogen and oxygen atoms in total. The molecule has 1 aliphatic rings. The van der Waals surface area contributed by atoms with Crippen molar-refractivity contribution in [2.45, 2.75) is 19.0 Å². The Morgan fingerprint density at radius 1 is 0.357 bits per heavy atom. The van der Waals surface area contributed by atoms with E-state index < -0.39 is 23.4 Å². The molecular weight excluding hydrogens is 884 g/mol. The largest absolute Gasteiger partial charge is 0.418 e. The molecule has 1 aliphatic carbocycles. The van der Waals surface area contributed by atoms with Crippen molar-refractivity contribution in [3.63, 3.8) is 0 Å². The van der Waals surface area contributed by atoms with Crippen LogP contribution in [0.25, 0.3) is 111 Å². The fourth-order valence-corrected chi connectivity index (χ4v) is 11.7. The fraction of sp³-hybridized carbons (Fsp3) is 0.0492. The predicted molar refractivity (Wildman–Crippen MR) is 272 cm³/mol. The van der Waals surface area contributed by atoms with Gasteiger partial charge in [-0.3, -0.25) is 0 Å². The van der Waals surface area contributed by atoms with Crippen LogP contribution in [0.1, 0.15) is 16.7 Å². The Hall–Kier alpha value is -8.69. The van der Waals surface area contributed by atoms with Gasteiger partial charge in [-0.1, -0.05) is 121 Å². The third-order valence-electron chi connectivity index (χ3n) is 14.4. The maximum Gasteiger partial charge on any atom is 0.418 e. The summed E-state index contributed by atoms with van der Waals surface area (Å²) in [5.74, 6) is -1.70. The third-order valence-corrected chi connectivity index (χ3v) is 14.4. The number of fused-ring (bicyclic) bond motifs is 14. The number of para-hydroxylation sites is 6. The van der Waals surface area contributed by atoms with Crippen molar-refractivity contribution < 1.29 is 22.0 Å². The summed E-state index contributed by atoms with van der Waals surface area (Å²) in [6.45, 7) is 0. The number of aryl methyl sites for hydroxylation is 2. The zero-order chi connectivity index (χ0) is 47.0. The van der Waals surface area contributed by atoms with Gasteiger partial charge in [0.2, 0.25) is 0 Å². The molecule has 0 saturated heterocycles. The molecule has 0 atom stereocenters. The smallest absolute Gasteiger partial charge is 0.307 e. The number of halogens is 5. The Morgan fingerprint density at radius 3 is 1.33 bits per heavy atom. The summed E-state index contributed by atoms with van der Waals surface area (Å²) in [6, 6.07) is 61.2. The summed E-state index contributed by atoms with van der Waals surface area (Å²) in [7, 11) is 0. The van der Waals surface area contributed by atoms with E-state index in [0.29, 0.717) is 35.1 Å². The lowest BCUT2D eigenvalue weighted by Crippen LogP contribution is -2.16. The van der Waals surface area contributed by atoms with Gasteiger partial charge >= 0.3 is 6.18 Å². The summed E-state index contributed by atoms with van der Waals surface area (Å²) in [4.78, 5) is 0. The van der Waals surface area contributed by atoms with Gasteiger partial charge in [-0.25, -0.2) is 8.78 Å². The van der Waals surface area contributed by atoms with Gasteiger partial charge in [0.1, 0.15) is 11.6 Å². The predicted octanol–water partition coefficient (Wildman–Crippen LogP) is 16.5. The first-order valence-electron chi connectivity index (χ1n) is 23.3. The van der Waals surface area contributed by atoms with Crippen molar-refractivity contribution in [3.8, 4) is 45.3 Å². The van der Waals surface area contributed by atoms with Crippen molar-refractivity contribution in [1.29, 1.82) is 0 Å². The lowest BCUT2D eigenvalue weighted by Gasteiger charge is -2.25. The van der Waals surface area contributed by atoms with Crippen LogP contribution in [0.2, 0.25) is 0 Å². The first-order valence-corrected chi connectivity index (χ1v) is 23.3. The van der Waals surface area contributed by atoms with Gasteiger partial charge in [-0.2, -0.15) is 13.2 Å². The Balaban J connectivity index is 1.17. The fourth-order valence-electron chi connectivity index (χ4n) is 11.7. The molecule has 0 N–H and O–H groups in total. The number of benzene rings is 9. The highest BCUT2D eigenvalue weighted by molar-refractivity contribution is 6.24. The topological polar surface area (TPSA) is 19.7 Å². The molecule has 4 heterocycles. The van der Waals surface area contributed by atoms with E-state index in [-0.39, 0.29) is 22.5 Å². The van der Waals surface area contributed by atoms with Crippen LogP contribution in [0.5, 0.6) is 0 Å². The number of nitrogens with zero attached hydrogens (tertiary/aromatic N) is 4. The molecular formula is C61H37F5N4. The Kier molecular flexibility index (Phi) is 8.60. The van der Waals surface area contributed by atoms with Gasteiger partial charge in [0, 0.05) is 55.3 Å². The van der Waals surface area contributed by atoms with E-state index in [1.807, 2.05) is 150 Å². The molecule has 0 radical (unpaired) electrons. The second kappa shape index (κ2) is 14.9. The van der Waals surface area contributed by atoms with E-state index in [0.717, 1.165) is 83.1 Å². The molecule has 0 spiro atoms. The van der Waals surface area contributed by atoms with E-state index in [4.69, 9.17) is 0 Å². The average molecular weight is 921 g/mol. The Bertz CT molecular complexity index is 4280. The maximum absolute atomic E-state index is 16.7. The highest BCUT2D eigenvalue weighted by Gasteiger charge is 2.39. The second-order valence-electron chi connectivity index (χ2n) is 18.1. The van der Waals surface area contributed by atoms with Crippen LogP contribution in [0.4, 0.5) is 22.0 Å². The summed E-state index contributed by atoms with van der Waals surface area (Å²) < 4.78 is 89.6. The van der Waals surface area contributed by atoms with E-state index in [2.05, 4.69) is 33.4 Å². The molecule has 9 heteroatoms. The zero-order valence-electron chi connectivity index (χ0n) is 37.1. The Morgan fingerprint density at radius 2 is 0.786 bits per heavy atom. The van der Waals surface area contributed by atoms with Crippen molar-refractivity contribution in [2.24, 2.45) is 0 Å². The molecule has 0 unspecified atom stereocenters. The molecule has 9 aromatic carbocycles. The van der Waals surface area contributed by atoms with Gasteiger partial charge in [-0.05, 0) is 102 Å². The summed E-state index contributed by atoms with van der Waals surface area (Å²) in [6.07, 6.45) is -3.64. The monoisotopic (exact) mass is 920 g/mol. The minimum atomic E-state index is -4.91. The maximum atomic E-state index is 16.7. The highest BCUT2D eigenvalue weighted by Crippen LogP contribution is 2.51. The summed E-state index contributed by atoms with van der Waals surface area (Å²) >= 11 is 0. The highest BCUT2D eigenvalue weighted by atomic mass is 19.4. The second-order valence-corrected chi connectivity index (χ2v) is 18.1. The average Bonchev–Trinajstić information content (AvgIpc) is 4.11.